The molecule has 5 heteroatoms. The van der Waals surface area contributed by atoms with Gasteiger partial charge in [0.15, 0.2) is 5.84 Å². The van der Waals surface area contributed by atoms with E-state index in [4.69, 9.17) is 10.9 Å². The van der Waals surface area contributed by atoms with Gasteiger partial charge in [-0.15, -0.1) is 0 Å². The van der Waals surface area contributed by atoms with Crippen LogP contribution < -0.4 is 5.73 Å². The van der Waals surface area contributed by atoms with Gasteiger partial charge in [0.05, 0.1) is 12.6 Å². The first-order valence-corrected chi connectivity index (χ1v) is 4.09. The molecule has 12 heavy (non-hydrogen) atoms. The molecular weight excluding hydrogens is 158 g/mol. The van der Waals surface area contributed by atoms with Gasteiger partial charge in [-0.05, 0) is 19.4 Å². The summed E-state index contributed by atoms with van der Waals surface area (Å²) in [6.45, 7) is 1.97. The van der Waals surface area contributed by atoms with Gasteiger partial charge < -0.3 is 16.0 Å². The molecule has 1 aliphatic heterocycles. The fourth-order valence-corrected chi connectivity index (χ4v) is 1.44. The highest BCUT2D eigenvalue weighted by Gasteiger charge is 2.17. The number of rotatable bonds is 2. The number of amidine groups is 1. The third-order valence-electron chi connectivity index (χ3n) is 1.99. The lowest BCUT2D eigenvalue weighted by Gasteiger charge is -2.29. The molecule has 0 saturated carbocycles. The molecule has 1 fully saturated rings. The molecule has 0 bridgehead atoms. The molecule has 1 saturated heterocycles. The van der Waals surface area contributed by atoms with Crippen LogP contribution in [-0.4, -0.2) is 46.8 Å². The van der Waals surface area contributed by atoms with Crippen LogP contribution in [0, 0.1) is 0 Å². The average molecular weight is 173 g/mol. The van der Waals surface area contributed by atoms with Crippen molar-refractivity contribution in [3.63, 3.8) is 0 Å². The number of aliphatic hydroxyl groups is 1. The first kappa shape index (κ1) is 9.28. The molecule has 0 radical (unpaired) electrons. The number of nitrogens with two attached hydrogens (primary N) is 1. The number of likely N-dealkylation sites (tertiary alicyclic amines) is 1. The fraction of sp³-hybridized carbons (Fsp3) is 0.857. The molecule has 0 aromatic rings. The standard InChI is InChI=1S/C7H15N3O2/c8-7(9-12)5-10-3-1-2-6(11)4-10/h6,11-12H,1-5H2,(H2,8,9)/t6-/m1/s1. The van der Waals surface area contributed by atoms with Crippen molar-refractivity contribution in [1.82, 2.24) is 4.90 Å². The number of piperidine rings is 1. The third kappa shape index (κ3) is 2.67. The zero-order valence-corrected chi connectivity index (χ0v) is 6.98. The minimum atomic E-state index is -0.259. The normalized spacial score (nSPS) is 27.4. The zero-order chi connectivity index (χ0) is 8.97. The molecule has 0 aromatic carbocycles. The summed E-state index contributed by atoms with van der Waals surface area (Å²) in [6, 6.07) is 0. The minimum Gasteiger partial charge on any atom is -0.409 e. The van der Waals surface area contributed by atoms with Crippen LogP contribution in [0.2, 0.25) is 0 Å². The molecular formula is C7H15N3O2. The van der Waals surface area contributed by atoms with Gasteiger partial charge in [-0.2, -0.15) is 0 Å². The van der Waals surface area contributed by atoms with Gasteiger partial charge in [-0.1, -0.05) is 5.16 Å². The van der Waals surface area contributed by atoms with Crippen molar-refractivity contribution in [1.29, 1.82) is 0 Å². The summed E-state index contributed by atoms with van der Waals surface area (Å²) in [6.07, 6.45) is 1.57. The lowest BCUT2D eigenvalue weighted by Crippen LogP contribution is -2.42. The van der Waals surface area contributed by atoms with Gasteiger partial charge in [0, 0.05) is 6.54 Å². The van der Waals surface area contributed by atoms with E-state index >= 15 is 0 Å². The SMILES string of the molecule is N/C(CN1CCC[C@@H](O)C1)=N\O. The van der Waals surface area contributed by atoms with Crippen LogP contribution in [0.15, 0.2) is 5.16 Å². The maximum absolute atomic E-state index is 9.28. The van der Waals surface area contributed by atoms with Crippen molar-refractivity contribution in [2.45, 2.75) is 18.9 Å². The Morgan fingerprint density at radius 2 is 2.42 bits per heavy atom. The predicted octanol–water partition coefficient (Wildman–Crippen LogP) is -0.810. The van der Waals surface area contributed by atoms with Crippen molar-refractivity contribution in [2.24, 2.45) is 10.9 Å². The molecule has 0 unspecified atom stereocenters. The van der Waals surface area contributed by atoms with Crippen molar-refractivity contribution < 1.29 is 10.3 Å². The van der Waals surface area contributed by atoms with E-state index in [1.807, 2.05) is 4.90 Å². The summed E-state index contributed by atoms with van der Waals surface area (Å²) < 4.78 is 0. The summed E-state index contributed by atoms with van der Waals surface area (Å²) in [4.78, 5) is 1.98. The van der Waals surface area contributed by atoms with Crippen LogP contribution in [0.25, 0.3) is 0 Å². The molecule has 0 aromatic heterocycles. The maximum Gasteiger partial charge on any atom is 0.153 e. The summed E-state index contributed by atoms with van der Waals surface area (Å²) in [7, 11) is 0. The van der Waals surface area contributed by atoms with E-state index in [0.717, 1.165) is 19.4 Å². The van der Waals surface area contributed by atoms with Crippen molar-refractivity contribution in [2.75, 3.05) is 19.6 Å². The summed E-state index contributed by atoms with van der Waals surface area (Å²) in [5.74, 6) is 0.198. The van der Waals surface area contributed by atoms with E-state index in [1.165, 1.54) is 0 Å². The van der Waals surface area contributed by atoms with E-state index in [1.54, 1.807) is 0 Å². The molecule has 1 aliphatic rings. The maximum atomic E-state index is 9.28. The predicted molar refractivity (Wildman–Crippen MR) is 45.1 cm³/mol. The van der Waals surface area contributed by atoms with Crippen LogP contribution in [0.3, 0.4) is 0 Å². The van der Waals surface area contributed by atoms with E-state index in [9.17, 15) is 5.11 Å². The smallest absolute Gasteiger partial charge is 0.153 e. The summed E-state index contributed by atoms with van der Waals surface area (Å²) in [5.41, 5.74) is 5.33. The monoisotopic (exact) mass is 173 g/mol. The highest BCUT2D eigenvalue weighted by molar-refractivity contribution is 5.81. The van der Waals surface area contributed by atoms with Crippen molar-refractivity contribution >= 4 is 5.84 Å². The number of hydrogen-bond acceptors (Lipinski definition) is 4. The molecule has 70 valence electrons. The largest absolute Gasteiger partial charge is 0.409 e. The van der Waals surface area contributed by atoms with Gasteiger partial charge in [0.2, 0.25) is 0 Å². The van der Waals surface area contributed by atoms with Crippen LogP contribution in [0.5, 0.6) is 0 Å². The Balaban J connectivity index is 2.32. The van der Waals surface area contributed by atoms with Crippen molar-refractivity contribution in [3.8, 4) is 0 Å². The third-order valence-corrected chi connectivity index (χ3v) is 1.99. The molecule has 0 aliphatic carbocycles. The second-order valence-electron chi connectivity index (χ2n) is 3.12. The Bertz CT molecular complexity index is 172. The molecule has 1 atom stereocenters. The minimum absolute atomic E-state index is 0.198. The molecule has 4 N–H and O–H groups in total. The molecule has 1 rings (SSSR count). The van der Waals surface area contributed by atoms with Crippen LogP contribution in [0.1, 0.15) is 12.8 Å². The second kappa shape index (κ2) is 4.27. The number of oxime groups is 1. The molecule has 0 amide bonds. The number of hydrogen-bond donors (Lipinski definition) is 3. The quantitative estimate of drug-likeness (QED) is 0.221. The molecule has 0 spiro atoms. The Morgan fingerprint density at radius 3 is 3.00 bits per heavy atom. The highest BCUT2D eigenvalue weighted by atomic mass is 16.4. The highest BCUT2D eigenvalue weighted by Crippen LogP contribution is 2.08. The lowest BCUT2D eigenvalue weighted by atomic mass is 10.1. The van der Waals surface area contributed by atoms with E-state index in [-0.39, 0.29) is 11.9 Å². The van der Waals surface area contributed by atoms with Crippen LogP contribution in [-0.2, 0) is 0 Å². The van der Waals surface area contributed by atoms with E-state index in [0.29, 0.717) is 13.1 Å². The fourth-order valence-electron chi connectivity index (χ4n) is 1.44. The van der Waals surface area contributed by atoms with Gasteiger partial charge in [-0.3, -0.25) is 4.90 Å². The lowest BCUT2D eigenvalue weighted by molar-refractivity contribution is 0.0786. The Morgan fingerprint density at radius 1 is 1.67 bits per heavy atom. The molecule has 1 heterocycles. The van der Waals surface area contributed by atoms with E-state index in [2.05, 4.69) is 5.16 Å². The molecule has 5 nitrogen and oxygen atoms in total. The zero-order valence-electron chi connectivity index (χ0n) is 6.98. The summed E-state index contributed by atoms with van der Waals surface area (Å²) in [5, 5.41) is 20.5. The van der Waals surface area contributed by atoms with Crippen molar-refractivity contribution in [3.05, 3.63) is 0 Å². The van der Waals surface area contributed by atoms with Gasteiger partial charge in [-0.25, -0.2) is 0 Å². The van der Waals surface area contributed by atoms with Gasteiger partial charge >= 0.3 is 0 Å². The first-order chi connectivity index (χ1) is 5.72. The second-order valence-corrected chi connectivity index (χ2v) is 3.12. The van der Waals surface area contributed by atoms with E-state index < -0.39 is 0 Å². The van der Waals surface area contributed by atoms with Gasteiger partial charge in [0.25, 0.3) is 0 Å². The average Bonchev–Trinajstić information content (AvgIpc) is 2.04. The van der Waals surface area contributed by atoms with Crippen LogP contribution in [0.4, 0.5) is 0 Å². The van der Waals surface area contributed by atoms with Gasteiger partial charge in [0.1, 0.15) is 0 Å². The number of β-amino-alcohol motifs (C(OH)–C–C–N with tert-alkyl or cyclic N) is 1. The van der Waals surface area contributed by atoms with Crippen LogP contribution >= 0.6 is 0 Å². The Kier molecular flexibility index (Phi) is 3.31. The number of nitrogens with zero attached hydrogens (tertiary/aromatic N) is 2. The first-order valence-electron chi connectivity index (χ1n) is 4.09. The Hall–Kier alpha value is -0.810. The summed E-state index contributed by atoms with van der Waals surface area (Å²) >= 11 is 0. The number of aliphatic hydroxyl groups excluding tert-OH is 1. The Labute approximate surface area is 71.5 Å². The topological polar surface area (TPSA) is 82.1 Å².